The van der Waals surface area contributed by atoms with Gasteiger partial charge in [-0.2, -0.15) is 20.2 Å². The second-order valence-corrected chi connectivity index (χ2v) is 9.87. The van der Waals surface area contributed by atoms with Crippen LogP contribution in [0.4, 0.5) is 10.1 Å². The normalized spacial score (nSPS) is 17.2. The van der Waals surface area contributed by atoms with Crippen LogP contribution in [0.2, 0.25) is 5.02 Å². The molecule has 0 radical (unpaired) electrons. The molecule has 152 valence electrons. The lowest BCUT2D eigenvalue weighted by atomic mass is 9.80. The van der Waals surface area contributed by atoms with Gasteiger partial charge in [-0.3, -0.25) is 4.18 Å². The molecule has 3 rings (SSSR count). The van der Waals surface area contributed by atoms with E-state index < -0.39 is 10.1 Å². The molecule has 4 nitrogen and oxygen atoms in total. The largest absolute Gasteiger partial charge is 0.384 e. The summed E-state index contributed by atoms with van der Waals surface area (Å²) < 4.78 is 42.0. The minimum absolute atomic E-state index is 0.00985. The van der Waals surface area contributed by atoms with E-state index in [9.17, 15) is 12.8 Å². The average Bonchev–Trinajstić information content (AvgIpc) is 3.03. The van der Waals surface area contributed by atoms with Crippen LogP contribution in [0.3, 0.4) is 0 Å². The lowest BCUT2D eigenvalue weighted by Crippen LogP contribution is -2.17. The van der Waals surface area contributed by atoms with Gasteiger partial charge >= 0.3 is 0 Å². The first-order chi connectivity index (χ1) is 13.3. The predicted molar refractivity (Wildman–Crippen MR) is 114 cm³/mol. The van der Waals surface area contributed by atoms with Crippen LogP contribution in [0, 0.1) is 5.82 Å². The van der Waals surface area contributed by atoms with Gasteiger partial charge in [-0.05, 0) is 59.6 Å². The molecule has 2 aromatic carbocycles. The first kappa shape index (κ1) is 21.4. The zero-order valence-corrected chi connectivity index (χ0v) is 18.1. The summed E-state index contributed by atoms with van der Waals surface area (Å²) in [5.41, 5.74) is 3.90. The third-order valence-electron chi connectivity index (χ3n) is 4.92. The molecule has 0 aliphatic carbocycles. The number of thioether (sulfide) groups is 1. The van der Waals surface area contributed by atoms with Crippen molar-refractivity contribution in [3.63, 3.8) is 0 Å². The quantitative estimate of drug-likeness (QED) is 0.582. The van der Waals surface area contributed by atoms with E-state index in [4.69, 9.17) is 15.8 Å². The van der Waals surface area contributed by atoms with E-state index >= 15 is 0 Å². The van der Waals surface area contributed by atoms with Crippen molar-refractivity contribution in [2.24, 2.45) is 0 Å². The molecule has 28 heavy (non-hydrogen) atoms. The maximum atomic E-state index is 14.3. The molecule has 0 bridgehead atoms. The summed E-state index contributed by atoms with van der Waals surface area (Å²) in [4.78, 5) is 0. The Bertz CT molecular complexity index is 935. The zero-order chi connectivity index (χ0) is 20.3. The van der Waals surface area contributed by atoms with Crippen LogP contribution in [0.25, 0.3) is 0 Å². The highest BCUT2D eigenvalue weighted by Gasteiger charge is 2.32. The topological polar surface area (TPSA) is 55.4 Å². The van der Waals surface area contributed by atoms with Gasteiger partial charge in [0, 0.05) is 28.9 Å². The molecule has 0 aromatic heterocycles. The second kappa shape index (κ2) is 9.03. The summed E-state index contributed by atoms with van der Waals surface area (Å²) in [6.07, 6.45) is 3.53. The molecule has 0 amide bonds. The molecule has 0 saturated heterocycles. The van der Waals surface area contributed by atoms with Gasteiger partial charge in [-0.15, -0.1) is 0 Å². The van der Waals surface area contributed by atoms with Crippen molar-refractivity contribution in [1.29, 1.82) is 0 Å². The van der Waals surface area contributed by atoms with E-state index in [1.54, 1.807) is 23.9 Å². The van der Waals surface area contributed by atoms with E-state index in [2.05, 4.69) is 5.32 Å². The van der Waals surface area contributed by atoms with Gasteiger partial charge in [0.25, 0.3) is 10.1 Å². The Kier molecular flexibility index (Phi) is 6.91. The molecular formula is C20H23ClFNO3S2. The summed E-state index contributed by atoms with van der Waals surface area (Å²) in [5.74, 6) is 0.453. The fraction of sp³-hybridized carbons (Fsp3) is 0.400. The number of halogens is 2. The van der Waals surface area contributed by atoms with Crippen LogP contribution < -0.4 is 5.32 Å². The molecule has 1 aliphatic rings. The molecule has 1 heterocycles. The van der Waals surface area contributed by atoms with Gasteiger partial charge in [0.2, 0.25) is 0 Å². The molecule has 1 N–H and O–H groups in total. The van der Waals surface area contributed by atoms with E-state index in [-0.39, 0.29) is 24.3 Å². The van der Waals surface area contributed by atoms with Crippen molar-refractivity contribution in [3.05, 3.63) is 63.9 Å². The molecule has 1 aliphatic heterocycles. The maximum Gasteiger partial charge on any atom is 0.264 e. The minimum Gasteiger partial charge on any atom is -0.384 e. The molecule has 2 atom stereocenters. The third-order valence-corrected chi connectivity index (χ3v) is 6.37. The van der Waals surface area contributed by atoms with Crippen LogP contribution in [0.15, 0.2) is 36.4 Å². The Labute approximate surface area is 174 Å². The molecule has 0 fully saturated rings. The monoisotopic (exact) mass is 443 g/mol. The summed E-state index contributed by atoms with van der Waals surface area (Å²) in [6.45, 7) is 0.733. The molecule has 2 unspecified atom stereocenters. The average molecular weight is 444 g/mol. The number of anilines is 1. The van der Waals surface area contributed by atoms with Crippen molar-refractivity contribution in [3.8, 4) is 0 Å². The third kappa shape index (κ3) is 5.20. The van der Waals surface area contributed by atoms with E-state index in [1.165, 1.54) is 0 Å². The van der Waals surface area contributed by atoms with Crippen LogP contribution in [0.1, 0.15) is 34.9 Å². The van der Waals surface area contributed by atoms with Gasteiger partial charge in [0.15, 0.2) is 0 Å². The maximum absolute atomic E-state index is 14.3. The Balaban J connectivity index is 1.94. The number of hydrogen-bond donors (Lipinski definition) is 1. The number of fused-ring (bicyclic) bond motifs is 1. The standard InChI is InChI=1S/C20H23ClFNO3S2/c1-27-12-14-9-16(22)10-18-19(11-23-20(14)18)17(7-8-26-28(2,24)25)13-3-5-15(21)6-4-13/h3-6,9-10,17,19,23H,7-8,11-12H2,1-2H3. The van der Waals surface area contributed by atoms with Gasteiger partial charge < -0.3 is 5.32 Å². The van der Waals surface area contributed by atoms with Crippen LogP contribution >= 0.6 is 23.4 Å². The van der Waals surface area contributed by atoms with Crippen molar-refractivity contribution in [1.82, 2.24) is 0 Å². The van der Waals surface area contributed by atoms with E-state index in [1.807, 2.05) is 30.5 Å². The van der Waals surface area contributed by atoms with Gasteiger partial charge in [0.1, 0.15) is 5.82 Å². The highest BCUT2D eigenvalue weighted by Crippen LogP contribution is 2.45. The van der Waals surface area contributed by atoms with Gasteiger partial charge in [0.05, 0.1) is 12.9 Å². The second-order valence-electron chi connectivity index (χ2n) is 6.92. The fourth-order valence-corrected chi connectivity index (χ4v) is 4.84. The Hall–Kier alpha value is -1.28. The van der Waals surface area contributed by atoms with Crippen molar-refractivity contribution in [2.45, 2.75) is 24.0 Å². The Morgan fingerprint density at radius 3 is 2.68 bits per heavy atom. The Morgan fingerprint density at radius 1 is 1.32 bits per heavy atom. The highest BCUT2D eigenvalue weighted by molar-refractivity contribution is 7.97. The number of nitrogens with one attached hydrogen (secondary N) is 1. The van der Waals surface area contributed by atoms with Crippen molar-refractivity contribution >= 4 is 39.2 Å². The number of hydrogen-bond acceptors (Lipinski definition) is 5. The van der Waals surface area contributed by atoms with Crippen LogP contribution in [-0.2, 0) is 20.1 Å². The molecule has 8 heteroatoms. The lowest BCUT2D eigenvalue weighted by molar-refractivity contribution is 0.296. The predicted octanol–water partition coefficient (Wildman–Crippen LogP) is 5.00. The minimum atomic E-state index is -3.51. The summed E-state index contributed by atoms with van der Waals surface area (Å²) in [5, 5.41) is 4.07. The van der Waals surface area contributed by atoms with Crippen molar-refractivity contribution < 1.29 is 17.0 Å². The Morgan fingerprint density at radius 2 is 2.04 bits per heavy atom. The summed E-state index contributed by atoms with van der Waals surface area (Å²) in [6, 6.07) is 10.7. The summed E-state index contributed by atoms with van der Waals surface area (Å²) >= 11 is 7.68. The van der Waals surface area contributed by atoms with Crippen molar-refractivity contribution in [2.75, 3.05) is 31.0 Å². The van der Waals surface area contributed by atoms with Gasteiger partial charge in [-0.1, -0.05) is 23.7 Å². The fourth-order valence-electron chi connectivity index (χ4n) is 3.78. The molecule has 0 saturated carbocycles. The first-order valence-electron chi connectivity index (χ1n) is 8.93. The summed E-state index contributed by atoms with van der Waals surface area (Å²) in [7, 11) is -3.51. The van der Waals surface area contributed by atoms with Crippen LogP contribution in [-0.4, -0.2) is 34.1 Å². The highest BCUT2D eigenvalue weighted by atomic mass is 35.5. The number of benzene rings is 2. The SMILES string of the molecule is CSCc1cc(F)cc2c1NCC2C(CCOS(C)(=O)=O)c1ccc(Cl)cc1. The zero-order valence-electron chi connectivity index (χ0n) is 15.7. The number of rotatable bonds is 8. The molecule has 2 aromatic rings. The van der Waals surface area contributed by atoms with E-state index in [0.717, 1.165) is 34.4 Å². The van der Waals surface area contributed by atoms with Gasteiger partial charge in [-0.25, -0.2) is 4.39 Å². The van der Waals surface area contributed by atoms with E-state index in [0.29, 0.717) is 18.0 Å². The van der Waals surface area contributed by atoms with Crippen LogP contribution in [0.5, 0.6) is 0 Å². The lowest BCUT2D eigenvalue weighted by Gasteiger charge is -2.24. The first-order valence-corrected chi connectivity index (χ1v) is 12.5. The molecular weight excluding hydrogens is 421 g/mol. The smallest absolute Gasteiger partial charge is 0.264 e. The molecule has 0 spiro atoms.